The number of amides is 1. The largest absolute Gasteiger partial charge is 0.343 e. The van der Waals surface area contributed by atoms with Gasteiger partial charge in [0.05, 0.1) is 4.92 Å². The molecule has 0 unspecified atom stereocenters. The van der Waals surface area contributed by atoms with E-state index in [2.05, 4.69) is 5.32 Å². The van der Waals surface area contributed by atoms with Gasteiger partial charge in [-0.15, -0.1) is 0 Å². The van der Waals surface area contributed by atoms with E-state index < -0.39 is 0 Å². The number of carbonyl (C=O) groups is 1. The topological polar surface area (TPSA) is 75.5 Å². The molecule has 0 atom stereocenters. The van der Waals surface area contributed by atoms with E-state index in [0.717, 1.165) is 42.8 Å². The number of thiophene rings is 1. The third kappa shape index (κ3) is 4.00. The van der Waals surface area contributed by atoms with Crippen LogP contribution in [0.3, 0.4) is 0 Å². The first-order valence-corrected chi connectivity index (χ1v) is 7.25. The molecule has 1 saturated heterocycles. The second kappa shape index (κ2) is 6.63. The molecule has 0 saturated carbocycles. The molecular formula is C12H17N3O3S. The summed E-state index contributed by atoms with van der Waals surface area (Å²) >= 11 is 1.13. The van der Waals surface area contributed by atoms with Gasteiger partial charge in [0, 0.05) is 44.0 Å². The molecule has 7 heteroatoms. The molecule has 1 aromatic heterocycles. The summed E-state index contributed by atoms with van der Waals surface area (Å²) in [5.74, 6) is 0.196. The fourth-order valence-corrected chi connectivity index (χ4v) is 2.83. The van der Waals surface area contributed by atoms with E-state index >= 15 is 0 Å². The smallest absolute Gasteiger partial charge is 0.324 e. The van der Waals surface area contributed by atoms with Crippen molar-refractivity contribution in [2.45, 2.75) is 25.8 Å². The zero-order valence-electron chi connectivity index (χ0n) is 10.6. The number of carbonyl (C=O) groups excluding carboxylic acids is 1. The van der Waals surface area contributed by atoms with E-state index in [0.29, 0.717) is 19.5 Å². The average Bonchev–Trinajstić information content (AvgIpc) is 3.05. The predicted octanol–water partition coefficient (Wildman–Crippen LogP) is 1.76. The summed E-state index contributed by atoms with van der Waals surface area (Å²) in [6.07, 6.45) is 2.71. The Morgan fingerprint density at radius 1 is 1.47 bits per heavy atom. The van der Waals surface area contributed by atoms with Gasteiger partial charge in [-0.25, -0.2) is 0 Å². The van der Waals surface area contributed by atoms with Crippen LogP contribution in [0.2, 0.25) is 0 Å². The lowest BCUT2D eigenvalue weighted by molar-refractivity contribution is -0.380. The Morgan fingerprint density at radius 2 is 2.21 bits per heavy atom. The maximum atomic E-state index is 11.7. The third-order valence-electron chi connectivity index (χ3n) is 3.12. The number of nitrogens with one attached hydrogen (secondary N) is 1. The lowest BCUT2D eigenvalue weighted by atomic mass is 10.3. The fourth-order valence-electron chi connectivity index (χ4n) is 2.10. The Balaban J connectivity index is 1.65. The van der Waals surface area contributed by atoms with Crippen LogP contribution in [-0.2, 0) is 11.3 Å². The molecule has 1 aliphatic heterocycles. The maximum absolute atomic E-state index is 11.7. The van der Waals surface area contributed by atoms with Gasteiger partial charge in [0.1, 0.15) is 0 Å². The molecule has 1 aromatic rings. The number of hydrogen-bond acceptors (Lipinski definition) is 5. The van der Waals surface area contributed by atoms with Crippen LogP contribution in [-0.4, -0.2) is 35.4 Å². The highest BCUT2D eigenvalue weighted by molar-refractivity contribution is 7.13. The van der Waals surface area contributed by atoms with Crippen molar-refractivity contribution in [1.29, 1.82) is 0 Å². The Morgan fingerprint density at radius 3 is 2.84 bits per heavy atom. The second-order valence-electron chi connectivity index (χ2n) is 4.56. The molecule has 19 heavy (non-hydrogen) atoms. The van der Waals surface area contributed by atoms with Crippen LogP contribution in [0.15, 0.2) is 11.4 Å². The molecule has 0 spiro atoms. The summed E-state index contributed by atoms with van der Waals surface area (Å²) in [5.41, 5.74) is 0.894. The molecule has 2 rings (SSSR count). The standard InChI is InChI=1S/C12H17N3O3S/c16-11(14-5-1-2-6-14)3-4-13-8-10-7-12(15(17)18)19-9-10/h7,9,13H,1-6,8H2. The minimum absolute atomic E-state index is 0.157. The van der Waals surface area contributed by atoms with Crippen LogP contribution < -0.4 is 5.32 Å². The van der Waals surface area contributed by atoms with Crippen LogP contribution in [0, 0.1) is 10.1 Å². The van der Waals surface area contributed by atoms with Gasteiger partial charge in [-0.2, -0.15) is 0 Å². The molecule has 0 aromatic carbocycles. The van der Waals surface area contributed by atoms with Crippen LogP contribution in [0.25, 0.3) is 0 Å². The van der Waals surface area contributed by atoms with E-state index in [-0.39, 0.29) is 15.8 Å². The minimum Gasteiger partial charge on any atom is -0.343 e. The van der Waals surface area contributed by atoms with Gasteiger partial charge in [0.25, 0.3) is 0 Å². The van der Waals surface area contributed by atoms with Crippen molar-refractivity contribution in [1.82, 2.24) is 10.2 Å². The van der Waals surface area contributed by atoms with Gasteiger partial charge in [0.15, 0.2) is 0 Å². The highest BCUT2D eigenvalue weighted by atomic mass is 32.1. The lowest BCUT2D eigenvalue weighted by Gasteiger charge is -2.14. The Hall–Kier alpha value is -1.47. The Kier molecular flexibility index (Phi) is 4.86. The summed E-state index contributed by atoms with van der Waals surface area (Å²) in [5, 5.41) is 15.6. The first-order chi connectivity index (χ1) is 9.16. The minimum atomic E-state index is -0.384. The SMILES string of the molecule is O=C(CCNCc1csc([N+](=O)[O-])c1)N1CCCC1. The highest BCUT2D eigenvalue weighted by Crippen LogP contribution is 2.22. The van der Waals surface area contributed by atoms with Crippen LogP contribution in [0.4, 0.5) is 5.00 Å². The van der Waals surface area contributed by atoms with Crippen molar-refractivity contribution in [2.24, 2.45) is 0 Å². The van der Waals surface area contributed by atoms with Crippen molar-refractivity contribution in [2.75, 3.05) is 19.6 Å². The normalized spacial score (nSPS) is 14.8. The molecule has 2 heterocycles. The first kappa shape index (κ1) is 14.0. The Labute approximate surface area is 115 Å². The zero-order chi connectivity index (χ0) is 13.7. The molecule has 1 fully saturated rings. The highest BCUT2D eigenvalue weighted by Gasteiger charge is 2.17. The molecule has 0 bridgehead atoms. The van der Waals surface area contributed by atoms with Crippen molar-refractivity contribution in [3.8, 4) is 0 Å². The molecule has 1 amide bonds. The van der Waals surface area contributed by atoms with Gasteiger partial charge >= 0.3 is 5.00 Å². The summed E-state index contributed by atoms with van der Waals surface area (Å²) in [4.78, 5) is 23.8. The summed E-state index contributed by atoms with van der Waals surface area (Å²) in [7, 11) is 0. The monoisotopic (exact) mass is 283 g/mol. The third-order valence-corrected chi connectivity index (χ3v) is 4.05. The van der Waals surface area contributed by atoms with Gasteiger partial charge in [-0.3, -0.25) is 14.9 Å². The van der Waals surface area contributed by atoms with Crippen molar-refractivity contribution in [3.05, 3.63) is 27.1 Å². The lowest BCUT2D eigenvalue weighted by Crippen LogP contribution is -2.30. The Bertz CT molecular complexity index is 455. The quantitative estimate of drug-likeness (QED) is 0.490. The average molecular weight is 283 g/mol. The molecular weight excluding hydrogens is 266 g/mol. The van der Waals surface area contributed by atoms with E-state index in [4.69, 9.17) is 0 Å². The number of rotatable bonds is 6. The predicted molar refractivity (Wildman–Crippen MR) is 73.1 cm³/mol. The zero-order valence-corrected chi connectivity index (χ0v) is 11.4. The molecule has 0 aliphatic carbocycles. The molecule has 6 nitrogen and oxygen atoms in total. The summed E-state index contributed by atoms with van der Waals surface area (Å²) in [6.45, 7) is 2.95. The number of nitrogens with zero attached hydrogens (tertiary/aromatic N) is 2. The number of hydrogen-bond donors (Lipinski definition) is 1. The van der Waals surface area contributed by atoms with Gasteiger partial charge < -0.3 is 10.2 Å². The van der Waals surface area contributed by atoms with Gasteiger partial charge in [-0.1, -0.05) is 11.3 Å². The fraction of sp³-hybridized carbons (Fsp3) is 0.583. The maximum Gasteiger partial charge on any atom is 0.324 e. The van der Waals surface area contributed by atoms with Crippen molar-refractivity contribution >= 4 is 22.2 Å². The summed E-state index contributed by atoms with van der Waals surface area (Å²) in [6, 6.07) is 1.57. The van der Waals surface area contributed by atoms with Gasteiger partial charge in [0.2, 0.25) is 5.91 Å². The number of nitro groups is 1. The van der Waals surface area contributed by atoms with Crippen LogP contribution in [0.1, 0.15) is 24.8 Å². The van der Waals surface area contributed by atoms with Gasteiger partial charge in [-0.05, 0) is 18.4 Å². The molecule has 1 aliphatic rings. The van der Waals surface area contributed by atoms with E-state index in [1.807, 2.05) is 4.90 Å². The molecule has 104 valence electrons. The van der Waals surface area contributed by atoms with E-state index in [9.17, 15) is 14.9 Å². The first-order valence-electron chi connectivity index (χ1n) is 6.37. The van der Waals surface area contributed by atoms with Crippen LogP contribution >= 0.6 is 11.3 Å². The van der Waals surface area contributed by atoms with Crippen molar-refractivity contribution in [3.63, 3.8) is 0 Å². The molecule has 0 radical (unpaired) electrons. The summed E-state index contributed by atoms with van der Waals surface area (Å²) < 4.78 is 0. The van der Waals surface area contributed by atoms with Crippen molar-refractivity contribution < 1.29 is 9.72 Å². The second-order valence-corrected chi connectivity index (χ2v) is 5.45. The van der Waals surface area contributed by atoms with E-state index in [1.54, 1.807) is 11.4 Å². The number of likely N-dealkylation sites (tertiary alicyclic amines) is 1. The molecule has 1 N–H and O–H groups in total. The van der Waals surface area contributed by atoms with Crippen LogP contribution in [0.5, 0.6) is 0 Å². The van der Waals surface area contributed by atoms with E-state index in [1.165, 1.54) is 0 Å².